The van der Waals surface area contributed by atoms with Crippen molar-refractivity contribution < 1.29 is 14.0 Å². The van der Waals surface area contributed by atoms with Crippen LogP contribution >= 0.6 is 0 Å². The second-order valence-corrected chi connectivity index (χ2v) is 11.0. The molecule has 0 aromatic heterocycles. The molecule has 41 heavy (non-hydrogen) atoms. The van der Waals surface area contributed by atoms with Crippen molar-refractivity contribution in [3.8, 4) is 0 Å². The summed E-state index contributed by atoms with van der Waals surface area (Å²) in [4.78, 5) is 29.8. The number of halogens is 1. The van der Waals surface area contributed by atoms with Gasteiger partial charge in [0.15, 0.2) is 0 Å². The smallest absolute Gasteiger partial charge is 0.235 e. The molecule has 3 atom stereocenters. The Kier molecular flexibility index (Phi) is 8.00. The highest BCUT2D eigenvalue weighted by atomic mass is 19.1. The summed E-state index contributed by atoms with van der Waals surface area (Å²) < 4.78 is 13.7. The number of fused-ring (bicyclic) bond motifs is 2. The van der Waals surface area contributed by atoms with Crippen molar-refractivity contribution in [2.24, 2.45) is 25.9 Å². The first-order valence-corrected chi connectivity index (χ1v) is 13.8. The lowest BCUT2D eigenvalue weighted by molar-refractivity contribution is 0.535. The maximum Gasteiger partial charge on any atom is 0.235 e. The second kappa shape index (κ2) is 11.6. The predicted molar refractivity (Wildman–Crippen MR) is 157 cm³/mol. The Morgan fingerprint density at radius 2 is 1.39 bits per heavy atom. The Bertz CT molecular complexity index is 1550. The first kappa shape index (κ1) is 28.2. The fraction of sp³-hybridized carbons (Fsp3) is 0.333. The summed E-state index contributed by atoms with van der Waals surface area (Å²) in [5.41, 5.74) is 14.7. The molecule has 5 rings (SSSR count). The van der Waals surface area contributed by atoms with Gasteiger partial charge in [-0.15, -0.1) is 0 Å². The molecule has 3 aromatic carbocycles. The zero-order valence-electron chi connectivity index (χ0n) is 23.4. The normalized spacial score (nSPS) is 19.7. The first-order chi connectivity index (χ1) is 19.8. The third-order valence-corrected chi connectivity index (χ3v) is 8.22. The van der Waals surface area contributed by atoms with Crippen molar-refractivity contribution in [2.45, 2.75) is 70.0 Å². The van der Waals surface area contributed by atoms with Gasteiger partial charge in [-0.05, 0) is 91.1 Å². The molecule has 0 bridgehead atoms. The highest BCUT2D eigenvalue weighted by Crippen LogP contribution is 2.47. The van der Waals surface area contributed by atoms with Crippen LogP contribution in [0.25, 0.3) is 0 Å². The van der Waals surface area contributed by atoms with E-state index in [1.54, 1.807) is 24.3 Å². The van der Waals surface area contributed by atoms with Gasteiger partial charge in [0.2, 0.25) is 12.2 Å². The van der Waals surface area contributed by atoms with Crippen LogP contribution in [0.5, 0.6) is 0 Å². The molecule has 8 heteroatoms. The molecular formula is C33H32FN5O2. The van der Waals surface area contributed by atoms with Crippen molar-refractivity contribution in [1.82, 2.24) is 0 Å². The Morgan fingerprint density at radius 3 is 1.88 bits per heavy atom. The van der Waals surface area contributed by atoms with E-state index in [0.717, 1.165) is 63.2 Å². The number of benzene rings is 3. The number of nitrogens with zero attached hydrogens (tertiary/aromatic N) is 4. The summed E-state index contributed by atoms with van der Waals surface area (Å²) in [6.45, 7) is 5.74. The van der Waals surface area contributed by atoms with E-state index in [1.807, 2.05) is 32.9 Å². The Balaban J connectivity index is 1.71. The van der Waals surface area contributed by atoms with Crippen molar-refractivity contribution in [3.05, 3.63) is 105 Å². The van der Waals surface area contributed by atoms with Gasteiger partial charge in [-0.25, -0.2) is 14.0 Å². The van der Waals surface area contributed by atoms with Crippen LogP contribution < -0.4 is 5.73 Å². The third-order valence-electron chi connectivity index (χ3n) is 8.22. The van der Waals surface area contributed by atoms with Gasteiger partial charge >= 0.3 is 0 Å². The van der Waals surface area contributed by atoms with Gasteiger partial charge in [-0.1, -0.05) is 48.5 Å². The van der Waals surface area contributed by atoms with Crippen molar-refractivity contribution in [1.29, 1.82) is 0 Å². The molecule has 3 aromatic rings. The van der Waals surface area contributed by atoms with Crippen LogP contribution in [0.3, 0.4) is 0 Å². The summed E-state index contributed by atoms with van der Waals surface area (Å²) >= 11 is 0. The van der Waals surface area contributed by atoms with Gasteiger partial charge < -0.3 is 5.73 Å². The highest BCUT2D eigenvalue weighted by molar-refractivity contribution is 6.19. The highest BCUT2D eigenvalue weighted by Gasteiger charge is 2.46. The number of aliphatic imine (C=N–C) groups is 2. The van der Waals surface area contributed by atoms with Crippen LogP contribution in [0.2, 0.25) is 0 Å². The molecule has 1 aliphatic carbocycles. The fourth-order valence-corrected chi connectivity index (χ4v) is 6.23. The standard InChI is InChI=1S/C33H32FN5O2/c1-20(35)17-33(32-16-31(38-39-32)23-6-10-28(34)11-7-23)29-12-8-24(21(2)36-18-40)14-26(29)4-5-27-15-25(9-13-30(27)33)22(3)37-19-41/h6-15,20-22H,4-5,16-17,35H2,1-3H3/t20-,21?,22?,33?/m1/s1. The Morgan fingerprint density at radius 1 is 0.854 bits per heavy atom. The van der Waals surface area contributed by atoms with Gasteiger partial charge in [0.25, 0.3) is 0 Å². The lowest BCUT2D eigenvalue weighted by Crippen LogP contribution is -2.43. The van der Waals surface area contributed by atoms with Crippen LogP contribution in [0.1, 0.15) is 84.6 Å². The number of hydrogen-bond donors (Lipinski definition) is 1. The van der Waals surface area contributed by atoms with E-state index >= 15 is 0 Å². The quantitative estimate of drug-likeness (QED) is 0.275. The maximum absolute atomic E-state index is 13.7. The first-order valence-electron chi connectivity index (χ1n) is 13.8. The van der Waals surface area contributed by atoms with Gasteiger partial charge in [0, 0.05) is 12.5 Å². The maximum atomic E-state index is 13.7. The summed E-state index contributed by atoms with van der Waals surface area (Å²) in [5, 5.41) is 9.38. The van der Waals surface area contributed by atoms with Crippen LogP contribution in [0, 0.1) is 5.82 Å². The van der Waals surface area contributed by atoms with E-state index < -0.39 is 5.41 Å². The molecule has 0 spiro atoms. The number of rotatable bonds is 8. The Labute approximate surface area is 238 Å². The largest absolute Gasteiger partial charge is 0.328 e. The van der Waals surface area contributed by atoms with E-state index in [-0.39, 0.29) is 23.9 Å². The van der Waals surface area contributed by atoms with Crippen LogP contribution in [0.4, 0.5) is 4.39 Å². The molecular weight excluding hydrogens is 517 g/mol. The van der Waals surface area contributed by atoms with E-state index in [9.17, 15) is 14.0 Å². The van der Waals surface area contributed by atoms with E-state index in [1.165, 1.54) is 12.1 Å². The Hall–Kier alpha value is -4.35. The van der Waals surface area contributed by atoms with E-state index in [2.05, 4.69) is 39.4 Å². The molecule has 0 radical (unpaired) electrons. The summed E-state index contributed by atoms with van der Waals surface area (Å²) in [6.07, 6.45) is 5.92. The van der Waals surface area contributed by atoms with E-state index in [0.29, 0.717) is 12.8 Å². The molecule has 1 aliphatic heterocycles. The molecule has 0 fully saturated rings. The van der Waals surface area contributed by atoms with Gasteiger partial charge in [0.1, 0.15) is 5.82 Å². The van der Waals surface area contributed by atoms with E-state index in [4.69, 9.17) is 10.8 Å². The van der Waals surface area contributed by atoms with Gasteiger partial charge in [-0.2, -0.15) is 20.2 Å². The topological polar surface area (TPSA) is 110 Å². The second-order valence-electron chi connectivity index (χ2n) is 11.0. The zero-order chi connectivity index (χ0) is 29.1. The van der Waals surface area contributed by atoms with Gasteiger partial charge in [-0.3, -0.25) is 0 Å². The molecule has 2 aliphatic rings. The zero-order valence-corrected chi connectivity index (χ0v) is 23.4. The van der Waals surface area contributed by atoms with Crippen LogP contribution in [-0.2, 0) is 27.8 Å². The van der Waals surface area contributed by atoms with Crippen molar-refractivity contribution >= 4 is 23.6 Å². The van der Waals surface area contributed by atoms with Gasteiger partial charge in [0.05, 0.1) is 28.9 Å². The minimum atomic E-state index is -0.688. The number of nitrogens with two attached hydrogens (primary N) is 1. The minimum Gasteiger partial charge on any atom is -0.328 e. The molecule has 7 nitrogen and oxygen atoms in total. The number of hydrogen-bond acceptors (Lipinski definition) is 7. The third kappa shape index (κ3) is 5.38. The molecule has 0 amide bonds. The van der Waals surface area contributed by atoms with Crippen LogP contribution in [-0.4, -0.2) is 29.6 Å². The van der Waals surface area contributed by atoms with Crippen molar-refractivity contribution in [3.63, 3.8) is 0 Å². The number of isocyanates is 2. The summed E-state index contributed by atoms with van der Waals surface area (Å²) in [5.74, 6) is -0.304. The summed E-state index contributed by atoms with van der Waals surface area (Å²) in [7, 11) is 0. The van der Waals surface area contributed by atoms with Crippen molar-refractivity contribution in [2.75, 3.05) is 0 Å². The SMILES string of the molecule is CC(N=C=O)c1ccc2c(c1)CCc1cc(C(C)N=C=O)ccc1C2(C[C@@H](C)N)C1=NN=C(c2ccc(F)cc2)C1. The fourth-order valence-electron chi connectivity index (χ4n) is 6.23. The monoisotopic (exact) mass is 549 g/mol. The summed E-state index contributed by atoms with van der Waals surface area (Å²) in [6, 6.07) is 18.0. The lowest BCUT2D eigenvalue weighted by atomic mass is 9.64. The lowest BCUT2D eigenvalue weighted by Gasteiger charge is -2.38. The number of aryl methyl sites for hydroxylation is 2. The molecule has 0 saturated heterocycles. The average Bonchev–Trinajstić information content (AvgIpc) is 3.41. The average molecular weight is 550 g/mol. The molecule has 208 valence electrons. The van der Waals surface area contributed by atoms with Crippen LogP contribution in [0.15, 0.2) is 80.9 Å². The molecule has 1 heterocycles. The molecule has 0 saturated carbocycles. The molecule has 2 N–H and O–H groups in total. The number of carbonyl (C=O) groups excluding carboxylic acids is 2. The molecule has 2 unspecified atom stereocenters. The minimum absolute atomic E-state index is 0.178. The predicted octanol–water partition coefficient (Wildman–Crippen LogP) is 5.99.